The Morgan fingerprint density at radius 1 is 1.22 bits per heavy atom. The highest BCUT2D eigenvalue weighted by Gasteiger charge is 2.12. The number of rotatable bonds is 3. The van der Waals surface area contributed by atoms with E-state index in [4.69, 9.17) is 0 Å². The first-order valence-electron chi connectivity index (χ1n) is 5.40. The first-order valence-corrected chi connectivity index (χ1v) is 6.19. The van der Waals surface area contributed by atoms with Crippen LogP contribution in [-0.2, 0) is 0 Å². The minimum atomic E-state index is -0.391. The Morgan fingerprint density at radius 2 is 2.00 bits per heavy atom. The number of halogens is 3. The molecule has 2 rings (SSSR count). The molecular weight excluding hydrogens is 302 g/mol. The van der Waals surface area contributed by atoms with Crippen molar-refractivity contribution in [3.8, 4) is 0 Å². The summed E-state index contributed by atoms with van der Waals surface area (Å²) in [4.78, 5) is 3.96. The van der Waals surface area contributed by atoms with E-state index in [1.165, 1.54) is 12.1 Å². The van der Waals surface area contributed by atoms with Gasteiger partial charge in [0.2, 0.25) is 0 Å². The van der Waals surface area contributed by atoms with Crippen molar-refractivity contribution in [3.05, 3.63) is 58.3 Å². The van der Waals surface area contributed by atoms with Gasteiger partial charge in [-0.25, -0.2) is 8.78 Å². The maximum Gasteiger partial charge on any atom is 0.147 e. The van der Waals surface area contributed by atoms with Gasteiger partial charge in [0.05, 0.1) is 23.6 Å². The van der Waals surface area contributed by atoms with E-state index in [9.17, 15) is 8.78 Å². The van der Waals surface area contributed by atoms with Crippen molar-refractivity contribution in [1.82, 2.24) is 4.98 Å². The summed E-state index contributed by atoms with van der Waals surface area (Å²) in [6.07, 6.45) is 1.14. The lowest BCUT2D eigenvalue weighted by molar-refractivity contribution is 0.615. The first-order chi connectivity index (χ1) is 8.58. The zero-order chi connectivity index (χ0) is 13.1. The largest absolute Gasteiger partial charge is 0.374 e. The molecule has 2 aromatic rings. The number of anilines is 1. The molecule has 1 atom stereocenters. The summed E-state index contributed by atoms with van der Waals surface area (Å²) in [6, 6.07) is 7.41. The molecule has 1 N–H and O–H groups in total. The Labute approximate surface area is 112 Å². The number of hydrogen-bond acceptors (Lipinski definition) is 2. The van der Waals surface area contributed by atoms with E-state index in [0.717, 1.165) is 6.20 Å². The topological polar surface area (TPSA) is 24.9 Å². The van der Waals surface area contributed by atoms with E-state index < -0.39 is 5.82 Å². The van der Waals surface area contributed by atoms with Gasteiger partial charge in [-0.3, -0.25) is 4.98 Å². The van der Waals surface area contributed by atoms with E-state index in [0.29, 0.717) is 15.9 Å². The van der Waals surface area contributed by atoms with E-state index >= 15 is 0 Å². The molecule has 1 heterocycles. The van der Waals surface area contributed by atoms with Crippen LogP contribution in [0.2, 0.25) is 0 Å². The van der Waals surface area contributed by atoms with Crippen molar-refractivity contribution in [2.45, 2.75) is 13.0 Å². The van der Waals surface area contributed by atoms with Gasteiger partial charge in [-0.05, 0) is 47.1 Å². The third-order valence-electron chi connectivity index (χ3n) is 2.52. The van der Waals surface area contributed by atoms with Crippen LogP contribution in [0.1, 0.15) is 18.7 Å². The molecule has 1 aromatic heterocycles. The van der Waals surface area contributed by atoms with Crippen LogP contribution in [0.25, 0.3) is 0 Å². The maximum absolute atomic E-state index is 13.6. The zero-order valence-corrected chi connectivity index (χ0v) is 11.2. The van der Waals surface area contributed by atoms with E-state index in [1.54, 1.807) is 18.2 Å². The molecule has 18 heavy (non-hydrogen) atoms. The average molecular weight is 313 g/mol. The van der Waals surface area contributed by atoms with Crippen molar-refractivity contribution < 1.29 is 8.78 Å². The fourth-order valence-electron chi connectivity index (χ4n) is 1.57. The van der Waals surface area contributed by atoms with Crippen LogP contribution in [-0.4, -0.2) is 4.98 Å². The molecule has 0 bridgehead atoms. The van der Waals surface area contributed by atoms with Crippen molar-refractivity contribution in [2.24, 2.45) is 0 Å². The molecule has 5 heteroatoms. The minimum Gasteiger partial charge on any atom is -0.374 e. The third kappa shape index (κ3) is 2.85. The molecule has 0 saturated carbocycles. The molecule has 1 aromatic carbocycles. The summed E-state index contributed by atoms with van der Waals surface area (Å²) in [5.74, 6) is -0.739. The molecule has 1 unspecified atom stereocenters. The Morgan fingerprint density at radius 3 is 2.61 bits per heavy atom. The van der Waals surface area contributed by atoms with Gasteiger partial charge in [0, 0.05) is 4.47 Å². The lowest BCUT2D eigenvalue weighted by Gasteiger charge is -2.16. The van der Waals surface area contributed by atoms with Crippen molar-refractivity contribution in [1.29, 1.82) is 0 Å². The minimum absolute atomic E-state index is 0.223. The average Bonchev–Trinajstić information content (AvgIpc) is 2.34. The Kier molecular flexibility index (Phi) is 3.91. The van der Waals surface area contributed by atoms with Gasteiger partial charge < -0.3 is 5.32 Å². The highest BCUT2D eigenvalue weighted by atomic mass is 79.9. The van der Waals surface area contributed by atoms with Crippen LogP contribution < -0.4 is 5.32 Å². The van der Waals surface area contributed by atoms with Gasteiger partial charge in [-0.15, -0.1) is 0 Å². The Bertz CT molecular complexity index is 523. The van der Waals surface area contributed by atoms with Crippen LogP contribution in [0.5, 0.6) is 0 Å². The summed E-state index contributed by atoms with van der Waals surface area (Å²) >= 11 is 3.28. The standard InChI is InChI=1S/C13H11BrF2N2/c1-8(12-6-5-9(15)7-17-12)18-13-10(14)3-2-4-11(13)16/h2-8,18H,1H3. The lowest BCUT2D eigenvalue weighted by atomic mass is 10.2. The number of pyridine rings is 1. The number of nitrogens with one attached hydrogen (secondary N) is 1. The molecule has 2 nitrogen and oxygen atoms in total. The van der Waals surface area contributed by atoms with E-state index in [2.05, 4.69) is 26.2 Å². The van der Waals surface area contributed by atoms with Gasteiger partial charge in [-0.2, -0.15) is 0 Å². The molecule has 0 aliphatic carbocycles. The van der Waals surface area contributed by atoms with Gasteiger partial charge in [0.15, 0.2) is 0 Å². The predicted molar refractivity (Wildman–Crippen MR) is 70.3 cm³/mol. The first kappa shape index (κ1) is 13.0. The second-order valence-corrected chi connectivity index (χ2v) is 4.72. The number of para-hydroxylation sites is 1. The molecule has 0 radical (unpaired) electrons. The second-order valence-electron chi connectivity index (χ2n) is 3.86. The summed E-state index contributed by atoms with van der Waals surface area (Å²) in [5, 5.41) is 3.01. The predicted octanol–water partition coefficient (Wildman–Crippen LogP) is 4.30. The summed E-state index contributed by atoms with van der Waals surface area (Å²) in [7, 11) is 0. The molecular formula is C13H11BrF2N2. The van der Waals surface area contributed by atoms with E-state index in [1.807, 2.05) is 6.92 Å². The van der Waals surface area contributed by atoms with Crippen LogP contribution in [0.3, 0.4) is 0 Å². The monoisotopic (exact) mass is 312 g/mol. The Balaban J connectivity index is 2.21. The summed E-state index contributed by atoms with van der Waals surface area (Å²) < 4.78 is 27.0. The van der Waals surface area contributed by atoms with Crippen molar-refractivity contribution >= 4 is 21.6 Å². The van der Waals surface area contributed by atoms with Crippen molar-refractivity contribution in [3.63, 3.8) is 0 Å². The smallest absolute Gasteiger partial charge is 0.147 e. The summed E-state index contributed by atoms with van der Waals surface area (Å²) in [5.41, 5.74) is 1.02. The molecule has 0 amide bonds. The van der Waals surface area contributed by atoms with Gasteiger partial charge >= 0.3 is 0 Å². The highest BCUT2D eigenvalue weighted by Crippen LogP contribution is 2.28. The van der Waals surface area contributed by atoms with Gasteiger partial charge in [0.1, 0.15) is 11.6 Å². The number of benzene rings is 1. The van der Waals surface area contributed by atoms with Crippen LogP contribution in [0, 0.1) is 11.6 Å². The fraction of sp³-hybridized carbons (Fsp3) is 0.154. The number of nitrogens with zero attached hydrogens (tertiary/aromatic N) is 1. The maximum atomic E-state index is 13.6. The van der Waals surface area contributed by atoms with Crippen LogP contribution >= 0.6 is 15.9 Å². The SMILES string of the molecule is CC(Nc1c(F)cccc1Br)c1ccc(F)cn1. The molecule has 0 fully saturated rings. The lowest BCUT2D eigenvalue weighted by Crippen LogP contribution is -2.10. The second kappa shape index (κ2) is 5.44. The molecule has 0 aliphatic rings. The highest BCUT2D eigenvalue weighted by molar-refractivity contribution is 9.10. The normalized spacial score (nSPS) is 12.2. The number of hydrogen-bond donors (Lipinski definition) is 1. The molecule has 0 spiro atoms. The molecule has 94 valence electrons. The Hall–Kier alpha value is -1.49. The van der Waals surface area contributed by atoms with Crippen LogP contribution in [0.4, 0.5) is 14.5 Å². The summed E-state index contributed by atoms with van der Waals surface area (Å²) in [6.45, 7) is 1.83. The molecule has 0 saturated heterocycles. The zero-order valence-electron chi connectivity index (χ0n) is 9.62. The number of aromatic nitrogens is 1. The van der Waals surface area contributed by atoms with Crippen molar-refractivity contribution in [2.75, 3.05) is 5.32 Å². The van der Waals surface area contributed by atoms with Gasteiger partial charge in [-0.1, -0.05) is 6.07 Å². The van der Waals surface area contributed by atoms with Crippen LogP contribution in [0.15, 0.2) is 41.0 Å². The molecule has 0 aliphatic heterocycles. The fourth-order valence-corrected chi connectivity index (χ4v) is 2.03. The van der Waals surface area contributed by atoms with Gasteiger partial charge in [0.25, 0.3) is 0 Å². The quantitative estimate of drug-likeness (QED) is 0.914. The van der Waals surface area contributed by atoms with E-state index in [-0.39, 0.29) is 11.9 Å². The third-order valence-corrected chi connectivity index (χ3v) is 3.18.